The molecule has 1 rings (SSSR count). The summed E-state index contributed by atoms with van der Waals surface area (Å²) in [5, 5.41) is 0. The molecular formula is C11H18N2. The van der Waals surface area contributed by atoms with Crippen LogP contribution in [0.15, 0.2) is 18.2 Å². The van der Waals surface area contributed by atoms with Crippen molar-refractivity contribution in [2.75, 3.05) is 12.5 Å². The summed E-state index contributed by atoms with van der Waals surface area (Å²) < 4.78 is 0. The summed E-state index contributed by atoms with van der Waals surface area (Å²) in [6.07, 6.45) is 2.35. The fraction of sp³-hybridized carbons (Fsp3) is 0.455. The van der Waals surface area contributed by atoms with E-state index in [-0.39, 0.29) is 0 Å². The van der Waals surface area contributed by atoms with E-state index in [1.54, 1.807) is 0 Å². The molecule has 0 aliphatic rings. The third kappa shape index (κ3) is 3.07. The van der Waals surface area contributed by atoms with Crippen LogP contribution in [-0.2, 0) is 6.42 Å². The van der Waals surface area contributed by atoms with Crippen molar-refractivity contribution in [1.82, 2.24) is 5.43 Å². The molecule has 0 fully saturated rings. The zero-order valence-electron chi connectivity index (χ0n) is 8.65. The molecule has 0 aliphatic carbocycles. The lowest BCUT2D eigenvalue weighted by Gasteiger charge is -2.08. The van der Waals surface area contributed by atoms with Gasteiger partial charge in [0.25, 0.3) is 0 Å². The number of aryl methyl sites for hydroxylation is 2. The molecule has 0 saturated carbocycles. The lowest BCUT2D eigenvalue weighted by Crippen LogP contribution is -2.15. The monoisotopic (exact) mass is 178 g/mol. The van der Waals surface area contributed by atoms with E-state index in [1.807, 2.05) is 7.05 Å². The SMILES string of the molecule is CCCc1cc(C)cc(NNC)c1. The standard InChI is InChI=1S/C11H18N2/c1-4-5-10-6-9(2)7-11(8-10)13-12-3/h6-8,12-13H,4-5H2,1-3H3. The molecule has 0 heterocycles. The van der Waals surface area contributed by atoms with Gasteiger partial charge in [0.15, 0.2) is 0 Å². The van der Waals surface area contributed by atoms with Gasteiger partial charge in [0.05, 0.1) is 0 Å². The van der Waals surface area contributed by atoms with Crippen LogP contribution in [0.5, 0.6) is 0 Å². The molecule has 0 spiro atoms. The van der Waals surface area contributed by atoms with E-state index < -0.39 is 0 Å². The molecule has 13 heavy (non-hydrogen) atoms. The highest BCUT2D eigenvalue weighted by Crippen LogP contribution is 2.14. The Morgan fingerprint density at radius 1 is 1.23 bits per heavy atom. The lowest BCUT2D eigenvalue weighted by atomic mass is 10.1. The number of benzene rings is 1. The summed E-state index contributed by atoms with van der Waals surface area (Å²) in [7, 11) is 1.88. The van der Waals surface area contributed by atoms with Crippen LogP contribution < -0.4 is 10.9 Å². The fourth-order valence-electron chi connectivity index (χ4n) is 1.51. The van der Waals surface area contributed by atoms with Crippen LogP contribution in [0, 0.1) is 6.92 Å². The van der Waals surface area contributed by atoms with Crippen molar-refractivity contribution in [1.29, 1.82) is 0 Å². The van der Waals surface area contributed by atoms with Crippen molar-refractivity contribution in [2.45, 2.75) is 26.7 Å². The van der Waals surface area contributed by atoms with Gasteiger partial charge in [-0.05, 0) is 36.6 Å². The fourth-order valence-corrected chi connectivity index (χ4v) is 1.51. The Kier molecular flexibility index (Phi) is 3.77. The van der Waals surface area contributed by atoms with Crippen LogP contribution in [0.4, 0.5) is 5.69 Å². The van der Waals surface area contributed by atoms with E-state index >= 15 is 0 Å². The molecule has 0 aromatic heterocycles. The first kappa shape index (κ1) is 10.1. The average molecular weight is 178 g/mol. The Morgan fingerprint density at radius 3 is 2.62 bits per heavy atom. The van der Waals surface area contributed by atoms with Gasteiger partial charge in [-0.3, -0.25) is 0 Å². The van der Waals surface area contributed by atoms with Crippen LogP contribution in [0.1, 0.15) is 24.5 Å². The molecule has 72 valence electrons. The first-order valence-corrected chi connectivity index (χ1v) is 4.79. The number of hydrogen-bond donors (Lipinski definition) is 2. The minimum absolute atomic E-state index is 1.14. The lowest BCUT2D eigenvalue weighted by molar-refractivity contribution is 0.916. The number of hydrogen-bond acceptors (Lipinski definition) is 2. The van der Waals surface area contributed by atoms with Crippen molar-refractivity contribution >= 4 is 5.69 Å². The third-order valence-electron chi connectivity index (χ3n) is 1.95. The summed E-state index contributed by atoms with van der Waals surface area (Å²) in [5.41, 5.74) is 9.88. The number of rotatable bonds is 4. The molecule has 1 aromatic carbocycles. The second-order valence-corrected chi connectivity index (χ2v) is 3.33. The van der Waals surface area contributed by atoms with E-state index in [4.69, 9.17) is 0 Å². The molecular weight excluding hydrogens is 160 g/mol. The predicted molar refractivity (Wildman–Crippen MR) is 57.9 cm³/mol. The maximum absolute atomic E-state index is 3.10. The van der Waals surface area contributed by atoms with E-state index in [2.05, 4.69) is 42.9 Å². The van der Waals surface area contributed by atoms with Gasteiger partial charge in [0, 0.05) is 12.7 Å². The highest BCUT2D eigenvalue weighted by atomic mass is 15.3. The van der Waals surface area contributed by atoms with Crippen molar-refractivity contribution < 1.29 is 0 Å². The molecule has 0 unspecified atom stereocenters. The first-order chi connectivity index (χ1) is 6.26. The van der Waals surface area contributed by atoms with E-state index in [1.165, 1.54) is 17.5 Å². The Morgan fingerprint density at radius 2 is 2.00 bits per heavy atom. The molecule has 0 amide bonds. The quantitative estimate of drug-likeness (QED) is 0.692. The largest absolute Gasteiger partial charge is 0.322 e. The number of hydrazine groups is 1. The predicted octanol–water partition coefficient (Wildman–Crippen LogP) is 2.49. The number of anilines is 1. The van der Waals surface area contributed by atoms with Gasteiger partial charge in [0.2, 0.25) is 0 Å². The molecule has 0 aliphatic heterocycles. The Hall–Kier alpha value is -1.02. The summed E-state index contributed by atoms with van der Waals surface area (Å²) >= 11 is 0. The van der Waals surface area contributed by atoms with E-state index in [0.717, 1.165) is 12.1 Å². The topological polar surface area (TPSA) is 24.1 Å². The first-order valence-electron chi connectivity index (χ1n) is 4.79. The maximum Gasteiger partial charge on any atom is 0.0492 e. The third-order valence-corrected chi connectivity index (χ3v) is 1.95. The summed E-state index contributed by atoms with van der Waals surface area (Å²) in [6, 6.07) is 6.56. The Balaban J connectivity index is 2.83. The van der Waals surface area contributed by atoms with Crippen LogP contribution in [0.2, 0.25) is 0 Å². The molecule has 0 atom stereocenters. The van der Waals surface area contributed by atoms with E-state index in [0.29, 0.717) is 0 Å². The molecule has 2 heteroatoms. The second-order valence-electron chi connectivity index (χ2n) is 3.33. The van der Waals surface area contributed by atoms with Crippen LogP contribution >= 0.6 is 0 Å². The van der Waals surface area contributed by atoms with Gasteiger partial charge in [0.1, 0.15) is 0 Å². The van der Waals surface area contributed by atoms with Gasteiger partial charge in [-0.25, -0.2) is 5.43 Å². The zero-order chi connectivity index (χ0) is 9.68. The average Bonchev–Trinajstić information content (AvgIpc) is 2.04. The van der Waals surface area contributed by atoms with Crippen LogP contribution in [0.25, 0.3) is 0 Å². The molecule has 1 aromatic rings. The smallest absolute Gasteiger partial charge is 0.0492 e. The van der Waals surface area contributed by atoms with Crippen molar-refractivity contribution in [3.8, 4) is 0 Å². The second kappa shape index (κ2) is 4.87. The van der Waals surface area contributed by atoms with E-state index in [9.17, 15) is 0 Å². The Bertz CT molecular complexity index is 245. The summed E-state index contributed by atoms with van der Waals surface area (Å²) in [5.74, 6) is 0. The molecule has 2 nitrogen and oxygen atoms in total. The van der Waals surface area contributed by atoms with Crippen LogP contribution in [0.3, 0.4) is 0 Å². The molecule has 2 N–H and O–H groups in total. The van der Waals surface area contributed by atoms with Gasteiger partial charge in [-0.1, -0.05) is 19.4 Å². The van der Waals surface area contributed by atoms with Crippen molar-refractivity contribution in [3.63, 3.8) is 0 Å². The Labute approximate surface area is 80.3 Å². The molecule has 0 radical (unpaired) electrons. The highest BCUT2D eigenvalue weighted by molar-refractivity contribution is 5.47. The summed E-state index contributed by atoms with van der Waals surface area (Å²) in [6.45, 7) is 4.33. The molecule has 0 bridgehead atoms. The summed E-state index contributed by atoms with van der Waals surface area (Å²) in [4.78, 5) is 0. The minimum Gasteiger partial charge on any atom is -0.322 e. The van der Waals surface area contributed by atoms with Gasteiger partial charge in [-0.15, -0.1) is 0 Å². The van der Waals surface area contributed by atoms with Crippen molar-refractivity contribution in [3.05, 3.63) is 29.3 Å². The minimum atomic E-state index is 1.14. The van der Waals surface area contributed by atoms with Gasteiger partial charge < -0.3 is 5.43 Å². The maximum atomic E-state index is 3.10. The normalized spacial score (nSPS) is 10.1. The van der Waals surface area contributed by atoms with Gasteiger partial charge in [-0.2, -0.15) is 0 Å². The van der Waals surface area contributed by atoms with Crippen molar-refractivity contribution in [2.24, 2.45) is 0 Å². The number of nitrogens with one attached hydrogen (secondary N) is 2. The van der Waals surface area contributed by atoms with Crippen LogP contribution in [-0.4, -0.2) is 7.05 Å². The zero-order valence-corrected chi connectivity index (χ0v) is 8.65. The highest BCUT2D eigenvalue weighted by Gasteiger charge is 1.96. The van der Waals surface area contributed by atoms with Gasteiger partial charge >= 0.3 is 0 Å². The molecule has 0 saturated heterocycles.